The maximum Gasteiger partial charge on any atom is 0.286 e. The van der Waals surface area contributed by atoms with Gasteiger partial charge in [0.1, 0.15) is 9.90 Å². The van der Waals surface area contributed by atoms with Crippen LogP contribution >= 0.6 is 22.9 Å². The first kappa shape index (κ1) is 22.1. The molecule has 1 fully saturated rings. The lowest BCUT2D eigenvalue weighted by Gasteiger charge is -2.30. The molecular formula is C21H19ClN4O5S2. The first-order chi connectivity index (χ1) is 15.9. The summed E-state index contributed by atoms with van der Waals surface area (Å²) in [5.74, 6) is 0.877. The summed E-state index contributed by atoms with van der Waals surface area (Å²) in [5.41, 5.74) is 0.569. The van der Waals surface area contributed by atoms with Crippen molar-refractivity contribution in [3.8, 4) is 11.5 Å². The number of anilines is 1. The van der Waals surface area contributed by atoms with Gasteiger partial charge in [-0.1, -0.05) is 35.1 Å². The van der Waals surface area contributed by atoms with E-state index in [-0.39, 0.29) is 33.5 Å². The van der Waals surface area contributed by atoms with E-state index in [0.717, 1.165) is 5.01 Å². The monoisotopic (exact) mass is 506 g/mol. The highest BCUT2D eigenvalue weighted by atomic mass is 35.5. The Morgan fingerprint density at radius 3 is 2.64 bits per heavy atom. The molecule has 9 nitrogen and oxygen atoms in total. The van der Waals surface area contributed by atoms with E-state index in [9.17, 15) is 13.2 Å². The smallest absolute Gasteiger partial charge is 0.286 e. The Balaban J connectivity index is 1.22. The molecule has 12 heteroatoms. The topological polar surface area (TPSA) is 111 Å². The van der Waals surface area contributed by atoms with E-state index in [2.05, 4.69) is 15.5 Å². The standard InChI is InChI=1S/C21H19ClN4O5S2/c22-15-3-1-2-4-18(15)33(28,29)26-9-7-13(8-10-26)20-24-25-21(32-20)19(27)23-14-5-6-16-17(11-14)31-12-30-16/h1-6,11,13H,7-10,12H2,(H,23,27). The molecular weight excluding hydrogens is 488 g/mol. The van der Waals surface area contributed by atoms with E-state index in [1.807, 2.05) is 0 Å². The Labute approximate surface area is 199 Å². The van der Waals surface area contributed by atoms with Crippen LogP contribution in [0.2, 0.25) is 5.02 Å². The number of hydrogen-bond acceptors (Lipinski definition) is 8. The Hall–Kier alpha value is -2.73. The highest BCUT2D eigenvalue weighted by molar-refractivity contribution is 7.89. The van der Waals surface area contributed by atoms with Gasteiger partial charge >= 0.3 is 0 Å². The van der Waals surface area contributed by atoms with Gasteiger partial charge in [-0.25, -0.2) is 8.42 Å². The Bertz CT molecular complexity index is 1310. The van der Waals surface area contributed by atoms with E-state index < -0.39 is 10.0 Å². The van der Waals surface area contributed by atoms with Crippen molar-refractivity contribution in [3.63, 3.8) is 0 Å². The fourth-order valence-electron chi connectivity index (χ4n) is 3.79. The second-order valence-electron chi connectivity index (χ2n) is 7.58. The van der Waals surface area contributed by atoms with E-state index in [4.69, 9.17) is 21.1 Å². The van der Waals surface area contributed by atoms with Gasteiger partial charge in [-0.15, -0.1) is 10.2 Å². The van der Waals surface area contributed by atoms with Crippen molar-refractivity contribution in [1.29, 1.82) is 0 Å². The highest BCUT2D eigenvalue weighted by Crippen LogP contribution is 2.35. The highest BCUT2D eigenvalue weighted by Gasteiger charge is 2.32. The van der Waals surface area contributed by atoms with Gasteiger partial charge in [0.25, 0.3) is 5.91 Å². The molecule has 0 saturated carbocycles. The molecule has 1 N–H and O–H groups in total. The number of hydrogen-bond donors (Lipinski definition) is 1. The summed E-state index contributed by atoms with van der Waals surface area (Å²) in [7, 11) is -3.66. The Kier molecular flexibility index (Phi) is 5.95. The van der Waals surface area contributed by atoms with E-state index >= 15 is 0 Å². The first-order valence-electron chi connectivity index (χ1n) is 10.2. The third kappa shape index (κ3) is 4.41. The summed E-state index contributed by atoms with van der Waals surface area (Å²) in [4.78, 5) is 12.7. The molecule has 3 aromatic rings. The van der Waals surface area contributed by atoms with Crippen LogP contribution in [0.1, 0.15) is 33.6 Å². The number of nitrogens with zero attached hydrogens (tertiary/aromatic N) is 3. The lowest BCUT2D eigenvalue weighted by Crippen LogP contribution is -2.38. The molecule has 1 amide bonds. The Morgan fingerprint density at radius 1 is 1.09 bits per heavy atom. The van der Waals surface area contributed by atoms with Gasteiger partial charge in [0, 0.05) is 30.8 Å². The van der Waals surface area contributed by atoms with Crippen molar-refractivity contribution in [2.75, 3.05) is 25.2 Å². The van der Waals surface area contributed by atoms with E-state index in [0.29, 0.717) is 43.1 Å². The van der Waals surface area contributed by atoms with Gasteiger partial charge in [-0.3, -0.25) is 4.79 Å². The minimum atomic E-state index is -3.66. The van der Waals surface area contributed by atoms with Gasteiger partial charge in [0.15, 0.2) is 11.5 Å². The minimum Gasteiger partial charge on any atom is -0.454 e. The lowest BCUT2D eigenvalue weighted by molar-refractivity contribution is 0.102. The molecule has 2 aliphatic heterocycles. The van der Waals surface area contributed by atoms with Crippen LogP contribution in [0.4, 0.5) is 5.69 Å². The third-order valence-electron chi connectivity index (χ3n) is 5.52. The normalized spacial score (nSPS) is 16.6. The van der Waals surface area contributed by atoms with Crippen molar-refractivity contribution < 1.29 is 22.7 Å². The number of aromatic nitrogens is 2. The zero-order valence-corrected chi connectivity index (χ0v) is 19.6. The molecule has 33 heavy (non-hydrogen) atoms. The number of rotatable bonds is 5. The molecule has 5 rings (SSSR count). The fraction of sp³-hybridized carbons (Fsp3) is 0.286. The molecule has 172 valence electrons. The number of halogens is 1. The average molecular weight is 507 g/mol. The van der Waals surface area contributed by atoms with Crippen LogP contribution in [0, 0.1) is 0 Å². The van der Waals surface area contributed by atoms with Gasteiger partial charge in [-0.2, -0.15) is 4.31 Å². The molecule has 3 heterocycles. The summed E-state index contributed by atoms with van der Waals surface area (Å²) in [5, 5.41) is 12.2. The number of ether oxygens (including phenoxy) is 2. The molecule has 2 aliphatic rings. The van der Waals surface area contributed by atoms with Gasteiger partial charge in [-0.05, 0) is 37.1 Å². The predicted molar refractivity (Wildman–Crippen MR) is 123 cm³/mol. The molecule has 0 bridgehead atoms. The molecule has 0 spiro atoms. The van der Waals surface area contributed by atoms with E-state index in [1.54, 1.807) is 36.4 Å². The van der Waals surface area contributed by atoms with E-state index in [1.165, 1.54) is 21.7 Å². The Morgan fingerprint density at radius 2 is 1.85 bits per heavy atom. The summed E-state index contributed by atoms with van der Waals surface area (Å²) >= 11 is 7.32. The number of carbonyl (C=O) groups is 1. The van der Waals surface area contributed by atoms with Crippen LogP contribution in [-0.4, -0.2) is 48.7 Å². The zero-order chi connectivity index (χ0) is 23.0. The first-order valence-corrected chi connectivity index (χ1v) is 12.8. The average Bonchev–Trinajstić information content (AvgIpc) is 3.49. The molecule has 2 aromatic carbocycles. The SMILES string of the molecule is O=C(Nc1ccc2c(c1)OCO2)c1nnc(C2CCN(S(=O)(=O)c3ccccc3Cl)CC2)s1. The van der Waals surface area contributed by atoms with Crippen LogP contribution in [0.3, 0.4) is 0 Å². The maximum absolute atomic E-state index is 12.9. The van der Waals surface area contributed by atoms with Gasteiger partial charge in [0.2, 0.25) is 21.8 Å². The fourth-order valence-corrected chi connectivity index (χ4v) is 6.66. The molecule has 0 radical (unpaired) electrons. The summed E-state index contributed by atoms with van der Waals surface area (Å²) in [6, 6.07) is 11.6. The number of piperidine rings is 1. The van der Waals surface area contributed by atoms with Crippen molar-refractivity contribution >= 4 is 44.6 Å². The van der Waals surface area contributed by atoms with Crippen molar-refractivity contribution in [1.82, 2.24) is 14.5 Å². The van der Waals surface area contributed by atoms with Crippen molar-refractivity contribution in [2.24, 2.45) is 0 Å². The number of fused-ring (bicyclic) bond motifs is 1. The maximum atomic E-state index is 12.9. The molecule has 1 saturated heterocycles. The summed E-state index contributed by atoms with van der Waals surface area (Å²) in [6.07, 6.45) is 1.17. The van der Waals surface area contributed by atoms with Gasteiger partial charge in [0.05, 0.1) is 5.02 Å². The zero-order valence-electron chi connectivity index (χ0n) is 17.2. The van der Waals surface area contributed by atoms with Crippen LogP contribution in [-0.2, 0) is 10.0 Å². The predicted octanol–water partition coefficient (Wildman–Crippen LogP) is 3.74. The number of benzene rings is 2. The van der Waals surface area contributed by atoms with Crippen LogP contribution in [0.5, 0.6) is 11.5 Å². The minimum absolute atomic E-state index is 0.0345. The lowest BCUT2D eigenvalue weighted by atomic mass is 9.99. The number of carbonyl (C=O) groups excluding carboxylic acids is 1. The van der Waals surface area contributed by atoms with Crippen molar-refractivity contribution in [2.45, 2.75) is 23.7 Å². The third-order valence-corrected chi connectivity index (χ3v) is 9.01. The van der Waals surface area contributed by atoms with Crippen LogP contribution < -0.4 is 14.8 Å². The second kappa shape index (κ2) is 8.90. The van der Waals surface area contributed by atoms with Gasteiger partial charge < -0.3 is 14.8 Å². The van der Waals surface area contributed by atoms with Crippen LogP contribution in [0.25, 0.3) is 0 Å². The molecule has 1 aromatic heterocycles. The molecule has 0 aliphatic carbocycles. The summed E-state index contributed by atoms with van der Waals surface area (Å²) in [6.45, 7) is 0.845. The number of nitrogens with one attached hydrogen (secondary N) is 1. The second-order valence-corrected chi connectivity index (χ2v) is 10.9. The largest absolute Gasteiger partial charge is 0.454 e. The molecule has 0 atom stereocenters. The number of amides is 1. The quantitative estimate of drug-likeness (QED) is 0.561. The molecule has 0 unspecified atom stereocenters. The van der Waals surface area contributed by atoms with Crippen LogP contribution in [0.15, 0.2) is 47.4 Å². The summed E-state index contributed by atoms with van der Waals surface area (Å²) < 4.78 is 37.9. The number of sulfonamides is 1. The van der Waals surface area contributed by atoms with Crippen molar-refractivity contribution in [3.05, 3.63) is 57.5 Å².